The first-order valence-electron chi connectivity index (χ1n) is 7.70. The van der Waals surface area contributed by atoms with E-state index >= 15 is 0 Å². The van der Waals surface area contributed by atoms with Crippen molar-refractivity contribution in [2.45, 2.75) is 78.4 Å². The van der Waals surface area contributed by atoms with Gasteiger partial charge >= 0.3 is 0 Å². The molecule has 1 aliphatic rings. The predicted octanol–water partition coefficient (Wildman–Crippen LogP) is 3.15. The largest absolute Gasteiger partial charge is 0.326 e. The molecule has 1 rings (SSSR count). The fourth-order valence-corrected chi connectivity index (χ4v) is 2.56. The average molecular weight is 254 g/mol. The van der Waals surface area contributed by atoms with Crippen molar-refractivity contribution in [1.82, 2.24) is 10.2 Å². The van der Waals surface area contributed by atoms with E-state index in [1.807, 2.05) is 0 Å². The van der Waals surface area contributed by atoms with Crippen molar-refractivity contribution in [2.24, 2.45) is 5.92 Å². The van der Waals surface area contributed by atoms with Crippen LogP contribution < -0.4 is 5.32 Å². The van der Waals surface area contributed by atoms with Crippen LogP contribution in [0.2, 0.25) is 0 Å². The summed E-state index contributed by atoms with van der Waals surface area (Å²) >= 11 is 0. The molecule has 0 aromatic rings. The zero-order valence-corrected chi connectivity index (χ0v) is 12.5. The molecule has 0 saturated carbocycles. The predicted molar refractivity (Wildman–Crippen MR) is 76.3 cm³/mol. The minimum Gasteiger partial charge on any atom is -0.326 e. The second-order valence-corrected chi connectivity index (χ2v) is 5.67. The number of hydrogen-bond donors (Lipinski definition) is 1. The summed E-state index contributed by atoms with van der Waals surface area (Å²) in [5.41, 5.74) is 0. The van der Waals surface area contributed by atoms with E-state index in [0.717, 1.165) is 45.1 Å². The number of hydrogen-bond acceptors (Lipinski definition) is 2. The van der Waals surface area contributed by atoms with E-state index in [4.69, 9.17) is 0 Å². The Kier molecular flexibility index (Phi) is 6.69. The van der Waals surface area contributed by atoms with Gasteiger partial charge in [0, 0.05) is 6.54 Å². The Morgan fingerprint density at radius 1 is 1.22 bits per heavy atom. The first-order valence-corrected chi connectivity index (χ1v) is 7.70. The molecule has 3 heteroatoms. The van der Waals surface area contributed by atoms with E-state index < -0.39 is 0 Å². The van der Waals surface area contributed by atoms with Crippen molar-refractivity contribution >= 4 is 5.91 Å². The lowest BCUT2D eigenvalue weighted by Crippen LogP contribution is -2.39. The molecular weight excluding hydrogens is 224 g/mol. The van der Waals surface area contributed by atoms with Crippen LogP contribution >= 0.6 is 0 Å². The first kappa shape index (κ1) is 15.5. The van der Waals surface area contributed by atoms with Crippen LogP contribution in [0.3, 0.4) is 0 Å². The third-order valence-corrected chi connectivity index (χ3v) is 3.96. The van der Waals surface area contributed by atoms with Crippen molar-refractivity contribution in [3.05, 3.63) is 0 Å². The molecule has 1 N–H and O–H groups in total. The second kappa shape index (κ2) is 7.78. The van der Waals surface area contributed by atoms with Crippen LogP contribution in [-0.4, -0.2) is 29.6 Å². The van der Waals surface area contributed by atoms with Crippen molar-refractivity contribution < 1.29 is 4.79 Å². The molecule has 0 aromatic heterocycles. The molecule has 3 unspecified atom stereocenters. The van der Waals surface area contributed by atoms with Crippen LogP contribution in [-0.2, 0) is 4.79 Å². The summed E-state index contributed by atoms with van der Waals surface area (Å²) in [7, 11) is 0. The van der Waals surface area contributed by atoms with Gasteiger partial charge in [0.2, 0.25) is 5.91 Å². The molecule has 0 aliphatic carbocycles. The summed E-state index contributed by atoms with van der Waals surface area (Å²) in [4.78, 5) is 14.5. The molecule has 1 aliphatic heterocycles. The third kappa shape index (κ3) is 3.98. The van der Waals surface area contributed by atoms with E-state index in [2.05, 4.69) is 37.9 Å². The topological polar surface area (TPSA) is 32.3 Å². The molecule has 106 valence electrons. The fraction of sp³-hybridized carbons (Fsp3) is 0.933. The molecule has 1 heterocycles. The Hall–Kier alpha value is -0.570. The highest BCUT2D eigenvalue weighted by atomic mass is 16.2. The standard InChI is InChI=1S/C15H30N2O/c1-5-8-10-13-15(18)17(11-12(4)7-3)14(16-13)9-6-2/h12-14,16H,5-11H2,1-4H3. The molecule has 1 fully saturated rings. The molecule has 0 radical (unpaired) electrons. The lowest BCUT2D eigenvalue weighted by atomic mass is 10.1. The molecule has 18 heavy (non-hydrogen) atoms. The summed E-state index contributed by atoms with van der Waals surface area (Å²) in [6.07, 6.45) is 6.91. The zero-order valence-electron chi connectivity index (χ0n) is 12.5. The molecular formula is C15H30N2O. The summed E-state index contributed by atoms with van der Waals surface area (Å²) in [5, 5.41) is 3.53. The van der Waals surface area contributed by atoms with Gasteiger partial charge in [-0.3, -0.25) is 10.1 Å². The quantitative estimate of drug-likeness (QED) is 0.721. The maximum absolute atomic E-state index is 12.4. The summed E-state index contributed by atoms with van der Waals surface area (Å²) in [6, 6.07) is 0.0746. The number of amides is 1. The van der Waals surface area contributed by atoms with E-state index in [9.17, 15) is 4.79 Å². The fourth-order valence-electron chi connectivity index (χ4n) is 2.56. The third-order valence-electron chi connectivity index (χ3n) is 3.96. The molecule has 3 atom stereocenters. The molecule has 0 aromatic carbocycles. The molecule has 0 spiro atoms. The number of nitrogens with zero attached hydrogens (tertiary/aromatic N) is 1. The van der Waals surface area contributed by atoms with Crippen LogP contribution in [0.1, 0.15) is 66.2 Å². The second-order valence-electron chi connectivity index (χ2n) is 5.67. The van der Waals surface area contributed by atoms with Gasteiger partial charge in [-0.1, -0.05) is 53.4 Å². The van der Waals surface area contributed by atoms with Gasteiger partial charge in [-0.25, -0.2) is 0 Å². The van der Waals surface area contributed by atoms with Gasteiger partial charge < -0.3 is 4.90 Å². The Morgan fingerprint density at radius 2 is 1.94 bits per heavy atom. The minimum atomic E-state index is 0.0746. The van der Waals surface area contributed by atoms with Gasteiger partial charge in [-0.05, 0) is 18.8 Å². The Morgan fingerprint density at radius 3 is 2.50 bits per heavy atom. The van der Waals surface area contributed by atoms with Crippen molar-refractivity contribution in [2.75, 3.05) is 6.54 Å². The molecule has 0 bridgehead atoms. The Labute approximate surface area is 112 Å². The number of unbranched alkanes of at least 4 members (excludes halogenated alkanes) is 1. The van der Waals surface area contributed by atoms with Crippen LogP contribution in [0.25, 0.3) is 0 Å². The number of carbonyl (C=O) groups excluding carboxylic acids is 1. The first-order chi connectivity index (χ1) is 8.63. The average Bonchev–Trinajstić information content (AvgIpc) is 2.65. The number of carbonyl (C=O) groups is 1. The summed E-state index contributed by atoms with van der Waals surface area (Å²) in [6.45, 7) is 9.71. The normalized spacial score (nSPS) is 25.8. The number of nitrogens with one attached hydrogen (secondary N) is 1. The molecule has 1 saturated heterocycles. The summed E-state index contributed by atoms with van der Waals surface area (Å²) < 4.78 is 0. The van der Waals surface area contributed by atoms with Gasteiger partial charge in [0.25, 0.3) is 0 Å². The van der Waals surface area contributed by atoms with E-state index in [1.54, 1.807) is 0 Å². The number of rotatable bonds is 8. The lowest BCUT2D eigenvalue weighted by molar-refractivity contribution is -0.130. The van der Waals surface area contributed by atoms with Crippen LogP contribution in [0.4, 0.5) is 0 Å². The van der Waals surface area contributed by atoms with Crippen LogP contribution in [0.15, 0.2) is 0 Å². The minimum absolute atomic E-state index is 0.0746. The maximum atomic E-state index is 12.4. The van der Waals surface area contributed by atoms with Gasteiger partial charge in [-0.2, -0.15) is 0 Å². The smallest absolute Gasteiger partial charge is 0.241 e. The molecule has 3 nitrogen and oxygen atoms in total. The highest BCUT2D eigenvalue weighted by Crippen LogP contribution is 2.20. The van der Waals surface area contributed by atoms with E-state index in [-0.39, 0.29) is 12.2 Å². The highest BCUT2D eigenvalue weighted by molar-refractivity contribution is 5.84. The zero-order chi connectivity index (χ0) is 13.5. The molecule has 1 amide bonds. The van der Waals surface area contributed by atoms with Crippen molar-refractivity contribution in [3.8, 4) is 0 Å². The van der Waals surface area contributed by atoms with Crippen LogP contribution in [0.5, 0.6) is 0 Å². The van der Waals surface area contributed by atoms with Gasteiger partial charge in [-0.15, -0.1) is 0 Å². The Bertz CT molecular complexity index is 255. The van der Waals surface area contributed by atoms with Gasteiger partial charge in [0.15, 0.2) is 0 Å². The van der Waals surface area contributed by atoms with E-state index in [0.29, 0.717) is 11.8 Å². The van der Waals surface area contributed by atoms with Crippen molar-refractivity contribution in [3.63, 3.8) is 0 Å². The van der Waals surface area contributed by atoms with Crippen LogP contribution in [0, 0.1) is 5.92 Å². The van der Waals surface area contributed by atoms with Crippen molar-refractivity contribution in [1.29, 1.82) is 0 Å². The summed E-state index contributed by atoms with van der Waals surface area (Å²) in [5.74, 6) is 0.933. The van der Waals surface area contributed by atoms with Gasteiger partial charge in [0.05, 0.1) is 12.2 Å². The van der Waals surface area contributed by atoms with Gasteiger partial charge in [0.1, 0.15) is 0 Å². The lowest BCUT2D eigenvalue weighted by Gasteiger charge is -2.26. The Balaban J connectivity index is 2.61. The SMILES string of the molecule is CCCCC1NC(CCC)N(CC(C)CC)C1=O. The highest BCUT2D eigenvalue weighted by Gasteiger charge is 2.37. The monoisotopic (exact) mass is 254 g/mol. The van der Waals surface area contributed by atoms with E-state index in [1.165, 1.54) is 0 Å². The maximum Gasteiger partial charge on any atom is 0.241 e.